The highest BCUT2D eigenvalue weighted by molar-refractivity contribution is 7.89. The van der Waals surface area contributed by atoms with E-state index >= 15 is 0 Å². The fourth-order valence-corrected chi connectivity index (χ4v) is 3.56. The number of hydrogen-bond donors (Lipinski definition) is 1. The van der Waals surface area contributed by atoms with Crippen LogP contribution in [0, 0.1) is 5.92 Å². The number of carbonyl (C=O) groups excluding carboxylic acids is 1. The average molecular weight is 389 g/mol. The van der Waals surface area contributed by atoms with Gasteiger partial charge < -0.3 is 4.74 Å². The van der Waals surface area contributed by atoms with Gasteiger partial charge in [-0.05, 0) is 48.7 Å². The second-order valence-electron chi connectivity index (χ2n) is 6.36. The maximum Gasteiger partial charge on any atom is 0.323 e. The van der Waals surface area contributed by atoms with Crippen LogP contribution in [0.5, 0.6) is 0 Å². The number of nitrogens with one attached hydrogen (secondary N) is 1. The lowest BCUT2D eigenvalue weighted by atomic mass is 10.1. The van der Waals surface area contributed by atoms with Crippen LogP contribution in [0.4, 0.5) is 11.4 Å². The van der Waals surface area contributed by atoms with E-state index < -0.39 is 22.0 Å². The summed E-state index contributed by atoms with van der Waals surface area (Å²) in [6.45, 7) is 3.80. The Morgan fingerprint density at radius 3 is 2.07 bits per heavy atom. The van der Waals surface area contributed by atoms with E-state index in [4.69, 9.17) is 4.74 Å². The third-order valence-electron chi connectivity index (χ3n) is 3.67. The molecule has 0 unspecified atom stereocenters. The van der Waals surface area contributed by atoms with Crippen molar-refractivity contribution in [2.75, 3.05) is 7.11 Å². The highest BCUT2D eigenvalue weighted by Crippen LogP contribution is 2.20. The Kier molecular flexibility index (Phi) is 7.20. The summed E-state index contributed by atoms with van der Waals surface area (Å²) in [5.41, 5.74) is 1.22. The Morgan fingerprint density at radius 1 is 1.00 bits per heavy atom. The number of esters is 1. The van der Waals surface area contributed by atoms with Gasteiger partial charge in [-0.1, -0.05) is 32.0 Å². The third kappa shape index (κ3) is 6.26. The van der Waals surface area contributed by atoms with Gasteiger partial charge in [-0.25, -0.2) is 8.42 Å². The lowest BCUT2D eigenvalue weighted by Crippen LogP contribution is -2.42. The van der Waals surface area contributed by atoms with E-state index in [1.165, 1.54) is 19.2 Å². The van der Waals surface area contributed by atoms with Gasteiger partial charge in [0.15, 0.2) is 0 Å². The molecule has 2 rings (SSSR count). The van der Waals surface area contributed by atoms with Crippen molar-refractivity contribution in [2.45, 2.75) is 31.2 Å². The zero-order valence-electron chi connectivity index (χ0n) is 15.5. The van der Waals surface area contributed by atoms with Crippen LogP contribution in [0.25, 0.3) is 0 Å². The smallest absolute Gasteiger partial charge is 0.323 e. The van der Waals surface area contributed by atoms with Crippen molar-refractivity contribution < 1.29 is 17.9 Å². The van der Waals surface area contributed by atoms with Crippen LogP contribution < -0.4 is 4.72 Å². The lowest BCUT2D eigenvalue weighted by Gasteiger charge is -2.18. The highest BCUT2D eigenvalue weighted by atomic mass is 32.2. The van der Waals surface area contributed by atoms with Crippen molar-refractivity contribution in [1.82, 2.24) is 4.72 Å². The van der Waals surface area contributed by atoms with Gasteiger partial charge in [0.25, 0.3) is 0 Å². The summed E-state index contributed by atoms with van der Waals surface area (Å²) in [6, 6.07) is 14.2. The molecule has 0 saturated carbocycles. The number of ether oxygens (including phenoxy) is 1. The number of sulfonamides is 1. The molecule has 0 bridgehead atoms. The zero-order valence-corrected chi connectivity index (χ0v) is 16.3. The molecular formula is C19H23N3O4S. The molecule has 0 heterocycles. The fourth-order valence-electron chi connectivity index (χ4n) is 2.36. The molecule has 0 amide bonds. The van der Waals surface area contributed by atoms with Gasteiger partial charge >= 0.3 is 5.97 Å². The predicted octanol–water partition coefficient (Wildman–Crippen LogP) is 3.97. The molecule has 1 N–H and O–H groups in total. The molecule has 8 heteroatoms. The van der Waals surface area contributed by atoms with Crippen LogP contribution in [0.2, 0.25) is 0 Å². The van der Waals surface area contributed by atoms with E-state index in [2.05, 4.69) is 15.0 Å². The number of hydrogen-bond acceptors (Lipinski definition) is 6. The Balaban J connectivity index is 2.14. The van der Waals surface area contributed by atoms with Gasteiger partial charge in [-0.3, -0.25) is 4.79 Å². The first-order valence-electron chi connectivity index (χ1n) is 8.49. The molecule has 0 aromatic heterocycles. The largest absolute Gasteiger partial charge is 0.468 e. The van der Waals surface area contributed by atoms with Crippen molar-refractivity contribution in [3.63, 3.8) is 0 Å². The van der Waals surface area contributed by atoms with E-state index in [-0.39, 0.29) is 10.8 Å². The maximum absolute atomic E-state index is 12.6. The van der Waals surface area contributed by atoms with Crippen LogP contribution in [-0.2, 0) is 19.6 Å². The van der Waals surface area contributed by atoms with E-state index in [9.17, 15) is 13.2 Å². The van der Waals surface area contributed by atoms with Gasteiger partial charge in [-0.15, -0.1) is 0 Å². The van der Waals surface area contributed by atoms with Crippen molar-refractivity contribution in [3.8, 4) is 0 Å². The molecule has 7 nitrogen and oxygen atoms in total. The van der Waals surface area contributed by atoms with Gasteiger partial charge in [0.1, 0.15) is 6.04 Å². The molecule has 1 atom stereocenters. The average Bonchev–Trinajstić information content (AvgIpc) is 2.66. The van der Waals surface area contributed by atoms with E-state index in [0.717, 1.165) is 0 Å². The molecule has 0 aliphatic carbocycles. The van der Waals surface area contributed by atoms with Crippen LogP contribution in [0.3, 0.4) is 0 Å². The summed E-state index contributed by atoms with van der Waals surface area (Å²) in [7, 11) is -2.63. The lowest BCUT2D eigenvalue weighted by molar-refractivity contribution is -0.143. The standard InChI is InChI=1S/C19H23N3O4S/c1-14(2)13-18(19(23)26-3)22-27(24,25)17-11-9-16(10-12-17)21-20-15-7-5-4-6-8-15/h4-12,14,18,22H,13H2,1-3H3/t18-/m0/s1. The van der Waals surface area contributed by atoms with E-state index in [1.807, 2.05) is 44.2 Å². The van der Waals surface area contributed by atoms with Crippen molar-refractivity contribution in [3.05, 3.63) is 54.6 Å². The first kappa shape index (κ1) is 20.7. The number of nitrogens with zero attached hydrogens (tertiary/aromatic N) is 2. The van der Waals surface area contributed by atoms with Crippen LogP contribution in [0.1, 0.15) is 20.3 Å². The zero-order chi connectivity index (χ0) is 19.9. The highest BCUT2D eigenvalue weighted by Gasteiger charge is 2.27. The molecule has 0 aliphatic heterocycles. The minimum atomic E-state index is -3.87. The van der Waals surface area contributed by atoms with Crippen LogP contribution in [0.15, 0.2) is 69.7 Å². The van der Waals surface area contributed by atoms with Crippen molar-refractivity contribution in [1.29, 1.82) is 0 Å². The molecular weight excluding hydrogens is 366 g/mol. The molecule has 0 fully saturated rings. The monoisotopic (exact) mass is 389 g/mol. The summed E-state index contributed by atoms with van der Waals surface area (Å²) in [4.78, 5) is 11.9. The summed E-state index contributed by atoms with van der Waals surface area (Å²) in [6.07, 6.45) is 0.343. The molecule has 2 aromatic rings. The van der Waals surface area contributed by atoms with Gasteiger partial charge in [0.05, 0.1) is 23.4 Å². The summed E-state index contributed by atoms with van der Waals surface area (Å²) >= 11 is 0. The van der Waals surface area contributed by atoms with Gasteiger partial charge in [0.2, 0.25) is 10.0 Å². The van der Waals surface area contributed by atoms with Crippen molar-refractivity contribution in [2.24, 2.45) is 16.1 Å². The van der Waals surface area contributed by atoms with Crippen molar-refractivity contribution >= 4 is 27.4 Å². The summed E-state index contributed by atoms with van der Waals surface area (Å²) in [5.74, 6) is -0.488. The number of rotatable bonds is 8. The first-order chi connectivity index (χ1) is 12.8. The molecule has 0 aliphatic rings. The topological polar surface area (TPSA) is 97.2 Å². The first-order valence-corrected chi connectivity index (χ1v) is 9.97. The summed E-state index contributed by atoms with van der Waals surface area (Å²) < 4.78 is 32.2. The Bertz CT molecular complexity index is 879. The third-order valence-corrected chi connectivity index (χ3v) is 5.16. The SMILES string of the molecule is COC(=O)[C@H](CC(C)C)NS(=O)(=O)c1ccc(N=Nc2ccccc2)cc1. The second kappa shape index (κ2) is 9.38. The maximum atomic E-state index is 12.6. The van der Waals surface area contributed by atoms with Gasteiger partial charge in [-0.2, -0.15) is 15.0 Å². The fraction of sp³-hybridized carbons (Fsp3) is 0.316. The second-order valence-corrected chi connectivity index (χ2v) is 8.07. The summed E-state index contributed by atoms with van der Waals surface area (Å²) in [5, 5.41) is 8.16. The number of benzene rings is 2. The number of carbonyl (C=O) groups is 1. The van der Waals surface area contributed by atoms with Crippen LogP contribution in [-0.4, -0.2) is 27.5 Å². The minimum absolute atomic E-state index is 0.0406. The number of azo groups is 1. The van der Waals surface area contributed by atoms with Crippen LogP contribution >= 0.6 is 0 Å². The minimum Gasteiger partial charge on any atom is -0.468 e. The van der Waals surface area contributed by atoms with Gasteiger partial charge in [0, 0.05) is 0 Å². The Labute approximate surface area is 159 Å². The Hall–Kier alpha value is -2.58. The molecule has 0 saturated heterocycles. The molecule has 0 radical (unpaired) electrons. The number of methoxy groups -OCH3 is 1. The Morgan fingerprint density at radius 2 is 1.56 bits per heavy atom. The van der Waals surface area contributed by atoms with E-state index in [0.29, 0.717) is 17.8 Å². The predicted molar refractivity (Wildman–Crippen MR) is 103 cm³/mol. The molecule has 0 spiro atoms. The quantitative estimate of drug-likeness (QED) is 0.546. The normalized spacial score (nSPS) is 13.0. The molecule has 144 valence electrons. The molecule has 27 heavy (non-hydrogen) atoms. The molecule has 2 aromatic carbocycles. The van der Waals surface area contributed by atoms with E-state index in [1.54, 1.807) is 12.1 Å².